The number of hydrogen-bond donors (Lipinski definition) is 1. The Hall–Kier alpha value is -3.75. The molecule has 1 fully saturated rings. The van der Waals surface area contributed by atoms with Crippen LogP contribution in [0.4, 0.5) is 10.1 Å². The Balaban J connectivity index is 1.73. The molecule has 1 aliphatic heterocycles. The van der Waals surface area contributed by atoms with Gasteiger partial charge >= 0.3 is 0 Å². The van der Waals surface area contributed by atoms with E-state index in [-0.39, 0.29) is 23.9 Å². The summed E-state index contributed by atoms with van der Waals surface area (Å²) in [4.78, 5) is 22.9. The molecule has 32 heavy (non-hydrogen) atoms. The normalized spacial score (nSPS) is 16.6. The van der Waals surface area contributed by atoms with Crippen molar-refractivity contribution >= 4 is 22.5 Å². The van der Waals surface area contributed by atoms with Gasteiger partial charge in [-0.1, -0.05) is 0 Å². The first-order valence-electron chi connectivity index (χ1n) is 10.5. The van der Waals surface area contributed by atoms with Gasteiger partial charge in [0.05, 0.1) is 11.7 Å². The molecule has 9 heteroatoms. The molecule has 0 radical (unpaired) electrons. The van der Waals surface area contributed by atoms with Crippen molar-refractivity contribution < 1.29 is 13.6 Å². The van der Waals surface area contributed by atoms with Gasteiger partial charge in [-0.2, -0.15) is 5.10 Å². The maximum atomic E-state index is 14.3. The third-order valence-corrected chi connectivity index (χ3v) is 5.82. The SMILES string of the molecule is Cc1cc(-c2nc(C(N)=O)c(-c3cc4c(cnn4C)cc3N3CCCC(F)C3)o2)ccn1. The molecule has 1 unspecified atom stereocenters. The van der Waals surface area contributed by atoms with Crippen LogP contribution in [0, 0.1) is 6.92 Å². The van der Waals surface area contributed by atoms with Crippen LogP contribution in [0.2, 0.25) is 0 Å². The van der Waals surface area contributed by atoms with Crippen LogP contribution in [-0.4, -0.2) is 44.9 Å². The minimum absolute atomic E-state index is 0.0334. The van der Waals surface area contributed by atoms with E-state index in [1.54, 1.807) is 23.1 Å². The molecular weight excluding hydrogens is 411 g/mol. The maximum Gasteiger partial charge on any atom is 0.271 e. The molecule has 1 aromatic carbocycles. The lowest BCUT2D eigenvalue weighted by Crippen LogP contribution is -2.36. The zero-order valence-electron chi connectivity index (χ0n) is 17.9. The number of hydrogen-bond acceptors (Lipinski definition) is 6. The van der Waals surface area contributed by atoms with Gasteiger partial charge in [-0.15, -0.1) is 0 Å². The summed E-state index contributed by atoms with van der Waals surface area (Å²) < 4.78 is 22.1. The summed E-state index contributed by atoms with van der Waals surface area (Å²) in [6.07, 6.45) is 3.79. The lowest BCUT2D eigenvalue weighted by molar-refractivity contribution is 0.0996. The molecule has 1 aliphatic rings. The number of alkyl halides is 1. The van der Waals surface area contributed by atoms with E-state index in [1.165, 1.54) is 0 Å². The number of carbonyl (C=O) groups is 1. The zero-order chi connectivity index (χ0) is 22.4. The molecule has 2 N–H and O–H groups in total. The molecule has 4 heterocycles. The van der Waals surface area contributed by atoms with Crippen LogP contribution in [-0.2, 0) is 7.05 Å². The minimum atomic E-state index is -0.915. The fraction of sp³-hybridized carbons (Fsp3) is 0.304. The number of aryl methyl sites for hydroxylation is 2. The van der Waals surface area contributed by atoms with Crippen LogP contribution < -0.4 is 10.6 Å². The van der Waals surface area contributed by atoms with Gasteiger partial charge in [-0.05, 0) is 44.0 Å². The number of nitrogens with zero attached hydrogens (tertiary/aromatic N) is 5. The monoisotopic (exact) mass is 434 g/mol. The highest BCUT2D eigenvalue weighted by Crippen LogP contribution is 2.39. The quantitative estimate of drug-likeness (QED) is 0.526. The van der Waals surface area contributed by atoms with E-state index in [4.69, 9.17) is 10.2 Å². The molecule has 5 rings (SSSR count). The summed E-state index contributed by atoms with van der Waals surface area (Å²) in [6, 6.07) is 7.44. The van der Waals surface area contributed by atoms with E-state index in [2.05, 4.69) is 15.1 Å². The average molecular weight is 434 g/mol. The van der Waals surface area contributed by atoms with E-state index in [0.29, 0.717) is 24.1 Å². The number of pyridine rings is 1. The van der Waals surface area contributed by atoms with Gasteiger partial charge in [0.15, 0.2) is 11.5 Å². The molecule has 0 aliphatic carbocycles. The Labute approximate surface area is 183 Å². The first-order chi connectivity index (χ1) is 15.4. The second-order valence-electron chi connectivity index (χ2n) is 8.13. The fourth-order valence-corrected chi connectivity index (χ4v) is 4.25. The largest absolute Gasteiger partial charge is 0.435 e. The standard InChI is InChI=1S/C23H23FN6O2/c1-13-8-14(5-6-26-13)23-28-20(22(25)31)21(32-23)17-10-18-15(11-27-29(18)2)9-19(17)30-7-3-4-16(24)12-30/h5-6,8-11,16H,3-4,7,12H2,1-2H3,(H2,25,31). The van der Waals surface area contributed by atoms with Crippen LogP contribution >= 0.6 is 0 Å². The number of halogens is 1. The third kappa shape index (κ3) is 3.49. The maximum absolute atomic E-state index is 14.3. The third-order valence-electron chi connectivity index (χ3n) is 5.82. The van der Waals surface area contributed by atoms with Crippen LogP contribution in [0.25, 0.3) is 33.7 Å². The smallest absolute Gasteiger partial charge is 0.271 e. The van der Waals surface area contributed by atoms with Crippen molar-refractivity contribution in [2.75, 3.05) is 18.0 Å². The van der Waals surface area contributed by atoms with Crippen molar-refractivity contribution in [1.82, 2.24) is 19.7 Å². The lowest BCUT2D eigenvalue weighted by Gasteiger charge is -2.32. The van der Waals surface area contributed by atoms with Crippen molar-refractivity contribution in [2.24, 2.45) is 12.8 Å². The van der Waals surface area contributed by atoms with Gasteiger partial charge < -0.3 is 15.1 Å². The Bertz CT molecular complexity index is 1330. The van der Waals surface area contributed by atoms with Crippen LogP contribution in [0.5, 0.6) is 0 Å². The predicted molar refractivity (Wildman–Crippen MR) is 119 cm³/mol. The Morgan fingerprint density at radius 3 is 2.91 bits per heavy atom. The molecule has 8 nitrogen and oxygen atoms in total. The van der Waals surface area contributed by atoms with Crippen LogP contribution in [0.1, 0.15) is 29.0 Å². The predicted octanol–water partition coefficient (Wildman–Crippen LogP) is 3.64. The van der Waals surface area contributed by atoms with E-state index >= 15 is 0 Å². The Kier molecular flexibility index (Phi) is 4.88. The molecule has 1 atom stereocenters. The number of amides is 1. The summed E-state index contributed by atoms with van der Waals surface area (Å²) in [5, 5.41) is 5.25. The molecule has 4 aromatic rings. The topological polar surface area (TPSA) is 103 Å². The van der Waals surface area contributed by atoms with Gasteiger partial charge in [-0.25, -0.2) is 9.37 Å². The van der Waals surface area contributed by atoms with Gasteiger partial charge in [0.25, 0.3) is 5.91 Å². The first-order valence-corrected chi connectivity index (χ1v) is 10.5. The molecule has 1 amide bonds. The number of benzene rings is 1. The van der Waals surface area contributed by atoms with Gasteiger partial charge in [0, 0.05) is 54.2 Å². The summed E-state index contributed by atoms with van der Waals surface area (Å²) >= 11 is 0. The van der Waals surface area contributed by atoms with Crippen LogP contribution in [0.15, 0.2) is 41.1 Å². The van der Waals surface area contributed by atoms with E-state index in [0.717, 1.165) is 28.7 Å². The average Bonchev–Trinajstić information content (AvgIpc) is 3.37. The highest BCUT2D eigenvalue weighted by atomic mass is 19.1. The highest BCUT2D eigenvalue weighted by Gasteiger charge is 2.28. The molecule has 0 saturated carbocycles. The molecule has 164 valence electrons. The second-order valence-corrected chi connectivity index (χ2v) is 8.13. The fourth-order valence-electron chi connectivity index (χ4n) is 4.25. The number of fused-ring (bicyclic) bond motifs is 1. The van der Waals surface area contributed by atoms with Gasteiger partial charge in [0.2, 0.25) is 5.89 Å². The summed E-state index contributed by atoms with van der Waals surface area (Å²) in [7, 11) is 1.84. The summed E-state index contributed by atoms with van der Waals surface area (Å²) in [6.45, 7) is 2.84. The van der Waals surface area contributed by atoms with Crippen molar-refractivity contribution in [3.63, 3.8) is 0 Å². The molecule has 3 aromatic heterocycles. The van der Waals surface area contributed by atoms with E-state index < -0.39 is 12.1 Å². The molecule has 0 spiro atoms. The van der Waals surface area contributed by atoms with Crippen LogP contribution in [0.3, 0.4) is 0 Å². The highest BCUT2D eigenvalue weighted by molar-refractivity contribution is 6.01. The number of piperidine rings is 1. The Morgan fingerprint density at radius 1 is 1.31 bits per heavy atom. The Morgan fingerprint density at radius 2 is 2.16 bits per heavy atom. The van der Waals surface area contributed by atoms with Crippen molar-refractivity contribution in [3.05, 3.63) is 48.0 Å². The number of nitrogens with two attached hydrogens (primary N) is 1. The van der Waals surface area contributed by atoms with Gasteiger partial charge in [-0.3, -0.25) is 14.5 Å². The number of anilines is 1. The van der Waals surface area contributed by atoms with Crippen molar-refractivity contribution in [1.29, 1.82) is 0 Å². The van der Waals surface area contributed by atoms with Crippen molar-refractivity contribution in [3.8, 4) is 22.8 Å². The number of carbonyl (C=O) groups excluding carboxylic acids is 1. The van der Waals surface area contributed by atoms with E-state index in [9.17, 15) is 9.18 Å². The summed E-state index contributed by atoms with van der Waals surface area (Å²) in [5.74, 6) is -0.155. The number of oxazole rings is 1. The molecule has 0 bridgehead atoms. The second kappa shape index (κ2) is 7.74. The lowest BCUT2D eigenvalue weighted by atomic mass is 10.0. The van der Waals surface area contributed by atoms with Crippen molar-refractivity contribution in [2.45, 2.75) is 25.9 Å². The van der Waals surface area contributed by atoms with Gasteiger partial charge in [0.1, 0.15) is 6.17 Å². The minimum Gasteiger partial charge on any atom is -0.435 e. The number of rotatable bonds is 4. The molecule has 1 saturated heterocycles. The number of aromatic nitrogens is 4. The zero-order valence-corrected chi connectivity index (χ0v) is 17.9. The summed E-state index contributed by atoms with van der Waals surface area (Å²) in [5.41, 5.74) is 9.45. The number of primary amides is 1. The molecular formula is C23H23FN6O2. The first kappa shape index (κ1) is 20.2. The van der Waals surface area contributed by atoms with E-state index in [1.807, 2.05) is 37.1 Å².